The third kappa shape index (κ3) is 2.33. The first-order chi connectivity index (χ1) is 7.66. The molecule has 0 saturated carbocycles. The molecule has 84 valence electrons. The van der Waals surface area contributed by atoms with Crippen LogP contribution in [-0.2, 0) is 0 Å². The van der Waals surface area contributed by atoms with Crippen molar-refractivity contribution in [1.82, 2.24) is 4.98 Å². The molecule has 0 aliphatic carbocycles. The number of thiazole rings is 1. The number of nitrogens with one attached hydrogen (secondary N) is 1. The van der Waals surface area contributed by atoms with Gasteiger partial charge in [0.2, 0.25) is 0 Å². The first kappa shape index (κ1) is 11.0. The summed E-state index contributed by atoms with van der Waals surface area (Å²) in [4.78, 5) is 4.27. The average Bonchev–Trinajstić information content (AvgIpc) is 2.75. The highest BCUT2D eigenvalue weighted by Crippen LogP contribution is 2.24. The number of benzene rings is 1. The fourth-order valence-corrected chi connectivity index (χ4v) is 2.20. The molecule has 2 rings (SSSR count). The molecule has 0 spiro atoms. The van der Waals surface area contributed by atoms with Crippen molar-refractivity contribution in [3.05, 3.63) is 40.3 Å². The van der Waals surface area contributed by atoms with Gasteiger partial charge in [-0.1, -0.05) is 0 Å². The standard InChI is InChI=1S/C12H14N2OS/c1-8-5-10(15)3-4-11(8)14-9(2)12-6-16-7-13-12/h3-7,9,14-15H,1-2H3. The van der Waals surface area contributed by atoms with Gasteiger partial charge in [0.05, 0.1) is 17.2 Å². The summed E-state index contributed by atoms with van der Waals surface area (Å²) < 4.78 is 0. The second-order valence-electron chi connectivity index (χ2n) is 3.78. The van der Waals surface area contributed by atoms with Gasteiger partial charge in [0.1, 0.15) is 5.75 Å². The number of hydrogen-bond donors (Lipinski definition) is 2. The summed E-state index contributed by atoms with van der Waals surface area (Å²) in [5, 5.41) is 14.7. The molecular formula is C12H14N2OS. The number of aromatic nitrogens is 1. The molecule has 1 unspecified atom stereocenters. The van der Waals surface area contributed by atoms with Crippen molar-refractivity contribution in [2.75, 3.05) is 5.32 Å². The molecule has 0 aliphatic rings. The Labute approximate surface area is 98.8 Å². The summed E-state index contributed by atoms with van der Waals surface area (Å²) >= 11 is 1.59. The van der Waals surface area contributed by atoms with E-state index < -0.39 is 0 Å². The van der Waals surface area contributed by atoms with E-state index in [4.69, 9.17) is 0 Å². The summed E-state index contributed by atoms with van der Waals surface area (Å²) in [6, 6.07) is 5.49. The summed E-state index contributed by atoms with van der Waals surface area (Å²) in [7, 11) is 0. The summed E-state index contributed by atoms with van der Waals surface area (Å²) in [5.74, 6) is 0.296. The Balaban J connectivity index is 2.15. The molecule has 0 aliphatic heterocycles. The summed E-state index contributed by atoms with van der Waals surface area (Å²) in [6.07, 6.45) is 0. The smallest absolute Gasteiger partial charge is 0.115 e. The molecule has 1 heterocycles. The van der Waals surface area contributed by atoms with Crippen LogP contribution < -0.4 is 5.32 Å². The van der Waals surface area contributed by atoms with Crippen molar-refractivity contribution in [3.63, 3.8) is 0 Å². The van der Waals surface area contributed by atoms with Crippen LogP contribution in [0.1, 0.15) is 24.2 Å². The molecular weight excluding hydrogens is 220 g/mol. The number of phenolic OH excluding ortho intramolecular Hbond substituents is 1. The van der Waals surface area contributed by atoms with E-state index in [1.165, 1.54) is 0 Å². The fraction of sp³-hybridized carbons (Fsp3) is 0.250. The molecule has 0 saturated heterocycles. The Bertz CT molecular complexity index is 468. The molecule has 0 fully saturated rings. The van der Waals surface area contributed by atoms with E-state index in [-0.39, 0.29) is 6.04 Å². The molecule has 0 bridgehead atoms. The van der Waals surface area contributed by atoms with Gasteiger partial charge in [-0.15, -0.1) is 11.3 Å². The van der Waals surface area contributed by atoms with Crippen LogP contribution in [0.25, 0.3) is 0 Å². The number of aromatic hydroxyl groups is 1. The number of phenols is 1. The van der Waals surface area contributed by atoms with Crippen LogP contribution in [0, 0.1) is 6.92 Å². The van der Waals surface area contributed by atoms with Crippen LogP contribution >= 0.6 is 11.3 Å². The molecule has 16 heavy (non-hydrogen) atoms. The van der Waals surface area contributed by atoms with Crippen LogP contribution in [0.4, 0.5) is 5.69 Å². The molecule has 0 amide bonds. The monoisotopic (exact) mass is 234 g/mol. The van der Waals surface area contributed by atoms with E-state index in [1.54, 1.807) is 23.5 Å². The minimum Gasteiger partial charge on any atom is -0.508 e. The van der Waals surface area contributed by atoms with Gasteiger partial charge in [-0.3, -0.25) is 0 Å². The van der Waals surface area contributed by atoms with Crippen LogP contribution in [-0.4, -0.2) is 10.1 Å². The van der Waals surface area contributed by atoms with E-state index in [2.05, 4.69) is 17.2 Å². The number of aryl methyl sites for hydroxylation is 1. The van der Waals surface area contributed by atoms with E-state index in [9.17, 15) is 5.11 Å². The van der Waals surface area contributed by atoms with Gasteiger partial charge in [0, 0.05) is 11.1 Å². The highest BCUT2D eigenvalue weighted by Gasteiger charge is 2.08. The zero-order valence-electron chi connectivity index (χ0n) is 9.27. The fourth-order valence-electron chi connectivity index (χ4n) is 1.55. The van der Waals surface area contributed by atoms with Gasteiger partial charge in [0.15, 0.2) is 0 Å². The Hall–Kier alpha value is -1.55. The Morgan fingerprint density at radius 1 is 1.44 bits per heavy atom. The molecule has 3 nitrogen and oxygen atoms in total. The average molecular weight is 234 g/mol. The van der Waals surface area contributed by atoms with E-state index in [0.29, 0.717) is 5.75 Å². The van der Waals surface area contributed by atoms with E-state index in [1.807, 2.05) is 23.9 Å². The van der Waals surface area contributed by atoms with Crippen molar-refractivity contribution >= 4 is 17.0 Å². The highest BCUT2D eigenvalue weighted by molar-refractivity contribution is 7.07. The minimum atomic E-state index is 0.175. The van der Waals surface area contributed by atoms with Crippen LogP contribution in [0.15, 0.2) is 29.1 Å². The zero-order chi connectivity index (χ0) is 11.5. The highest BCUT2D eigenvalue weighted by atomic mass is 32.1. The summed E-state index contributed by atoms with van der Waals surface area (Å²) in [5.41, 5.74) is 4.93. The second kappa shape index (κ2) is 4.53. The predicted octanol–water partition coefficient (Wildman–Crippen LogP) is 3.33. The number of rotatable bonds is 3. The zero-order valence-corrected chi connectivity index (χ0v) is 10.1. The van der Waals surface area contributed by atoms with Gasteiger partial charge in [0.25, 0.3) is 0 Å². The molecule has 2 aromatic rings. The maximum atomic E-state index is 9.32. The summed E-state index contributed by atoms with van der Waals surface area (Å²) in [6.45, 7) is 4.04. The Morgan fingerprint density at radius 3 is 2.88 bits per heavy atom. The van der Waals surface area contributed by atoms with Gasteiger partial charge in [-0.05, 0) is 37.6 Å². The van der Waals surface area contributed by atoms with Crippen molar-refractivity contribution in [2.45, 2.75) is 19.9 Å². The maximum Gasteiger partial charge on any atom is 0.115 e. The van der Waals surface area contributed by atoms with Crippen molar-refractivity contribution in [3.8, 4) is 5.75 Å². The normalized spacial score (nSPS) is 12.4. The van der Waals surface area contributed by atoms with Crippen LogP contribution in [0.5, 0.6) is 5.75 Å². The Morgan fingerprint density at radius 2 is 2.25 bits per heavy atom. The first-order valence-corrected chi connectivity index (χ1v) is 6.05. The topological polar surface area (TPSA) is 45.1 Å². The minimum absolute atomic E-state index is 0.175. The lowest BCUT2D eigenvalue weighted by Gasteiger charge is -2.15. The number of nitrogens with zero attached hydrogens (tertiary/aromatic N) is 1. The van der Waals surface area contributed by atoms with Crippen molar-refractivity contribution < 1.29 is 5.11 Å². The predicted molar refractivity (Wildman–Crippen MR) is 67.0 cm³/mol. The van der Waals surface area contributed by atoms with Gasteiger partial charge in [-0.2, -0.15) is 0 Å². The molecule has 1 aromatic heterocycles. The largest absolute Gasteiger partial charge is 0.508 e. The lowest BCUT2D eigenvalue weighted by atomic mass is 10.1. The van der Waals surface area contributed by atoms with Crippen LogP contribution in [0.3, 0.4) is 0 Å². The van der Waals surface area contributed by atoms with Gasteiger partial charge >= 0.3 is 0 Å². The lowest BCUT2D eigenvalue weighted by Crippen LogP contribution is -2.07. The van der Waals surface area contributed by atoms with Crippen molar-refractivity contribution in [1.29, 1.82) is 0 Å². The van der Waals surface area contributed by atoms with Gasteiger partial charge < -0.3 is 10.4 Å². The van der Waals surface area contributed by atoms with E-state index >= 15 is 0 Å². The van der Waals surface area contributed by atoms with Crippen LogP contribution in [0.2, 0.25) is 0 Å². The third-order valence-electron chi connectivity index (χ3n) is 2.48. The number of hydrogen-bond acceptors (Lipinski definition) is 4. The molecule has 1 atom stereocenters. The molecule has 1 aromatic carbocycles. The molecule has 0 radical (unpaired) electrons. The molecule has 2 N–H and O–H groups in total. The third-order valence-corrected chi connectivity index (χ3v) is 3.08. The SMILES string of the molecule is Cc1cc(O)ccc1NC(C)c1cscn1. The number of anilines is 1. The van der Waals surface area contributed by atoms with Gasteiger partial charge in [-0.25, -0.2) is 4.98 Å². The van der Waals surface area contributed by atoms with E-state index in [0.717, 1.165) is 16.9 Å². The first-order valence-electron chi connectivity index (χ1n) is 5.11. The maximum absolute atomic E-state index is 9.32. The van der Waals surface area contributed by atoms with Crippen molar-refractivity contribution in [2.24, 2.45) is 0 Å². The molecule has 4 heteroatoms. The second-order valence-corrected chi connectivity index (χ2v) is 4.50. The quantitative estimate of drug-likeness (QED) is 0.801. The Kier molecular flexibility index (Phi) is 3.10. The lowest BCUT2D eigenvalue weighted by molar-refractivity contribution is 0.475.